The molecule has 23 heavy (non-hydrogen) atoms. The summed E-state index contributed by atoms with van der Waals surface area (Å²) < 4.78 is 1.99. The number of fused-ring (bicyclic) bond motifs is 1. The molecule has 0 aliphatic rings. The quantitative estimate of drug-likeness (QED) is 0.533. The summed E-state index contributed by atoms with van der Waals surface area (Å²) in [6.07, 6.45) is 2.04. The van der Waals surface area contributed by atoms with Crippen LogP contribution >= 0.6 is 11.6 Å². The lowest BCUT2D eigenvalue weighted by molar-refractivity contribution is 0.831. The smallest absolute Gasteiger partial charge is 0.183 e. The molecule has 5 heteroatoms. The van der Waals surface area contributed by atoms with Crippen LogP contribution in [-0.4, -0.2) is 9.38 Å². The Balaban J connectivity index is 2.14. The van der Waals surface area contributed by atoms with E-state index in [9.17, 15) is 0 Å². The van der Waals surface area contributed by atoms with Crippen molar-refractivity contribution in [1.29, 1.82) is 0 Å². The van der Waals surface area contributed by atoms with Crippen LogP contribution in [0.5, 0.6) is 0 Å². The Bertz CT molecular complexity index is 893. The van der Waals surface area contributed by atoms with Crippen molar-refractivity contribution in [3.05, 3.63) is 58.4 Å². The Kier molecular flexibility index (Phi) is 4.18. The normalized spacial score (nSPS) is 11.9. The molecule has 0 fully saturated rings. The number of aromatic nitrogens is 2. The predicted molar refractivity (Wildman–Crippen MR) is 94.4 cm³/mol. The Morgan fingerprint density at radius 2 is 1.87 bits per heavy atom. The topological polar surface area (TPSA) is 42.0 Å². The fourth-order valence-electron chi connectivity index (χ4n) is 2.43. The van der Waals surface area contributed by atoms with Gasteiger partial charge in [-0.15, -0.1) is 10.2 Å². The monoisotopic (exact) mass is 326 g/mol. The molecule has 2 heterocycles. The second kappa shape index (κ2) is 6.13. The zero-order chi connectivity index (χ0) is 16.6. The first-order valence-corrected chi connectivity index (χ1v) is 8.00. The highest BCUT2D eigenvalue weighted by atomic mass is 35.5. The predicted octanol–water partition coefficient (Wildman–Crippen LogP) is 6.14. The molecule has 0 aliphatic carbocycles. The van der Waals surface area contributed by atoms with Crippen molar-refractivity contribution in [2.24, 2.45) is 10.2 Å². The molecule has 3 aromatic rings. The minimum Gasteiger partial charge on any atom is -0.283 e. The first-order valence-electron chi connectivity index (χ1n) is 7.62. The van der Waals surface area contributed by atoms with Gasteiger partial charge in [0.2, 0.25) is 0 Å². The van der Waals surface area contributed by atoms with E-state index in [1.54, 1.807) is 0 Å². The molecule has 0 saturated carbocycles. The van der Waals surface area contributed by atoms with Crippen LogP contribution in [-0.2, 0) is 0 Å². The zero-order valence-electron chi connectivity index (χ0n) is 13.7. The zero-order valence-corrected chi connectivity index (χ0v) is 14.5. The van der Waals surface area contributed by atoms with Gasteiger partial charge in [-0.25, -0.2) is 4.98 Å². The van der Waals surface area contributed by atoms with E-state index in [-0.39, 0.29) is 5.92 Å². The van der Waals surface area contributed by atoms with E-state index in [0.717, 1.165) is 34.0 Å². The third kappa shape index (κ3) is 3.13. The highest BCUT2D eigenvalue weighted by Gasteiger charge is 2.15. The van der Waals surface area contributed by atoms with Gasteiger partial charge in [-0.05, 0) is 49.1 Å². The SMILES string of the molecule is Cc1ccc2nc(C(C)C)c(N=Nc3cc(Cl)ccc3C)n2c1. The van der Waals surface area contributed by atoms with E-state index >= 15 is 0 Å². The maximum Gasteiger partial charge on any atom is 0.183 e. The van der Waals surface area contributed by atoms with Gasteiger partial charge in [-0.2, -0.15) is 0 Å². The van der Waals surface area contributed by atoms with Crippen LogP contribution in [0.15, 0.2) is 46.8 Å². The second-order valence-corrected chi connectivity index (χ2v) is 6.48. The van der Waals surface area contributed by atoms with Crippen LogP contribution in [0.2, 0.25) is 5.02 Å². The molecule has 0 radical (unpaired) electrons. The molecular weight excluding hydrogens is 308 g/mol. The third-order valence-corrected chi connectivity index (χ3v) is 3.97. The van der Waals surface area contributed by atoms with Gasteiger partial charge >= 0.3 is 0 Å². The van der Waals surface area contributed by atoms with E-state index in [1.165, 1.54) is 0 Å². The lowest BCUT2D eigenvalue weighted by Crippen LogP contribution is -1.88. The molecule has 0 aliphatic heterocycles. The van der Waals surface area contributed by atoms with Crippen LogP contribution in [0.1, 0.15) is 36.6 Å². The summed E-state index contributed by atoms with van der Waals surface area (Å²) in [5.41, 5.74) is 4.79. The third-order valence-electron chi connectivity index (χ3n) is 3.74. The Morgan fingerprint density at radius 3 is 2.61 bits per heavy atom. The highest BCUT2D eigenvalue weighted by Crippen LogP contribution is 2.31. The summed E-state index contributed by atoms with van der Waals surface area (Å²) in [5.74, 6) is 1.04. The van der Waals surface area contributed by atoms with Crippen LogP contribution < -0.4 is 0 Å². The van der Waals surface area contributed by atoms with E-state index < -0.39 is 0 Å². The van der Waals surface area contributed by atoms with E-state index in [2.05, 4.69) is 42.1 Å². The number of benzene rings is 1. The van der Waals surface area contributed by atoms with Crippen molar-refractivity contribution >= 4 is 28.8 Å². The van der Waals surface area contributed by atoms with Crippen LogP contribution in [0.25, 0.3) is 5.65 Å². The Morgan fingerprint density at radius 1 is 1.09 bits per heavy atom. The van der Waals surface area contributed by atoms with Crippen molar-refractivity contribution in [2.75, 3.05) is 0 Å². The van der Waals surface area contributed by atoms with Crippen LogP contribution in [0.4, 0.5) is 11.5 Å². The van der Waals surface area contributed by atoms with E-state index in [0.29, 0.717) is 5.02 Å². The summed E-state index contributed by atoms with van der Waals surface area (Å²) in [6, 6.07) is 9.68. The molecule has 0 amide bonds. The number of rotatable bonds is 3. The van der Waals surface area contributed by atoms with Crippen LogP contribution in [0, 0.1) is 13.8 Å². The van der Waals surface area contributed by atoms with Crippen molar-refractivity contribution in [3.63, 3.8) is 0 Å². The van der Waals surface area contributed by atoms with Crippen molar-refractivity contribution in [2.45, 2.75) is 33.6 Å². The van der Waals surface area contributed by atoms with Gasteiger partial charge in [0.15, 0.2) is 5.82 Å². The summed E-state index contributed by atoms with van der Waals surface area (Å²) in [4.78, 5) is 4.69. The largest absolute Gasteiger partial charge is 0.283 e. The maximum atomic E-state index is 6.06. The molecule has 118 valence electrons. The summed E-state index contributed by atoms with van der Waals surface area (Å²) >= 11 is 6.06. The van der Waals surface area contributed by atoms with E-state index in [4.69, 9.17) is 11.6 Å². The number of pyridine rings is 1. The van der Waals surface area contributed by atoms with Gasteiger partial charge in [0, 0.05) is 11.2 Å². The molecule has 1 aromatic carbocycles. The van der Waals surface area contributed by atoms with Gasteiger partial charge in [0.25, 0.3) is 0 Å². The number of hydrogen-bond acceptors (Lipinski definition) is 3. The lowest BCUT2D eigenvalue weighted by Gasteiger charge is -2.03. The van der Waals surface area contributed by atoms with Crippen molar-refractivity contribution in [1.82, 2.24) is 9.38 Å². The fraction of sp³-hybridized carbons (Fsp3) is 0.278. The molecule has 0 atom stereocenters. The molecule has 2 aromatic heterocycles. The number of halogens is 1. The molecule has 0 saturated heterocycles. The number of hydrogen-bond donors (Lipinski definition) is 0. The van der Waals surface area contributed by atoms with Gasteiger partial charge in [0.1, 0.15) is 5.65 Å². The minimum absolute atomic E-state index is 0.268. The van der Waals surface area contributed by atoms with Gasteiger partial charge in [-0.3, -0.25) is 4.40 Å². The summed E-state index contributed by atoms with van der Waals surface area (Å²) in [6.45, 7) is 8.26. The Labute approximate surface area is 140 Å². The average Bonchev–Trinajstić information content (AvgIpc) is 2.86. The molecule has 4 nitrogen and oxygen atoms in total. The van der Waals surface area contributed by atoms with Gasteiger partial charge in [0.05, 0.1) is 11.4 Å². The first kappa shape index (κ1) is 15.7. The molecule has 0 spiro atoms. The van der Waals surface area contributed by atoms with Crippen molar-refractivity contribution < 1.29 is 0 Å². The van der Waals surface area contributed by atoms with E-state index in [1.807, 2.05) is 41.8 Å². The fourth-order valence-corrected chi connectivity index (χ4v) is 2.60. The number of nitrogens with zero attached hydrogens (tertiary/aromatic N) is 4. The number of aryl methyl sites for hydroxylation is 2. The first-order chi connectivity index (χ1) is 11.0. The minimum atomic E-state index is 0.268. The molecule has 3 rings (SSSR count). The average molecular weight is 327 g/mol. The number of imidazole rings is 1. The molecular formula is C18H19ClN4. The van der Waals surface area contributed by atoms with Crippen molar-refractivity contribution in [3.8, 4) is 0 Å². The highest BCUT2D eigenvalue weighted by molar-refractivity contribution is 6.30. The molecule has 0 N–H and O–H groups in total. The number of azo groups is 1. The van der Waals surface area contributed by atoms with Gasteiger partial charge < -0.3 is 0 Å². The standard InChI is InChI=1S/C18H19ClN4/c1-11(2)17-18(23-10-12(3)5-8-16(23)20-17)22-21-15-9-14(19)7-6-13(15)4/h5-11H,1-4H3. The second-order valence-electron chi connectivity index (χ2n) is 6.04. The maximum absolute atomic E-state index is 6.06. The summed E-state index contributed by atoms with van der Waals surface area (Å²) in [7, 11) is 0. The lowest BCUT2D eigenvalue weighted by atomic mass is 10.1. The molecule has 0 bridgehead atoms. The van der Waals surface area contributed by atoms with Gasteiger partial charge in [-0.1, -0.05) is 37.6 Å². The molecule has 0 unspecified atom stereocenters. The Hall–Kier alpha value is -2.20. The summed E-state index contributed by atoms with van der Waals surface area (Å²) in [5, 5.41) is 9.56. The van der Waals surface area contributed by atoms with Crippen LogP contribution in [0.3, 0.4) is 0 Å².